The lowest BCUT2D eigenvalue weighted by molar-refractivity contribution is -0.128. The van der Waals surface area contributed by atoms with E-state index in [0.717, 1.165) is 30.6 Å². The predicted octanol–water partition coefficient (Wildman–Crippen LogP) is 2.25. The van der Waals surface area contributed by atoms with Crippen molar-refractivity contribution in [3.8, 4) is 17.2 Å². The average Bonchev–Trinajstić information content (AvgIpc) is 2.80. The number of hydrazine groups is 1. The normalized spacial score (nSPS) is 12.5. The van der Waals surface area contributed by atoms with E-state index in [1.165, 1.54) is 5.56 Å². The molecule has 2 N–H and O–H groups in total. The van der Waals surface area contributed by atoms with E-state index in [9.17, 15) is 9.59 Å². The van der Waals surface area contributed by atoms with Crippen LogP contribution in [0.1, 0.15) is 24.0 Å². The lowest BCUT2D eigenvalue weighted by Gasteiger charge is -2.30. The molecule has 0 spiro atoms. The second kappa shape index (κ2) is 10.6. The maximum absolute atomic E-state index is 12.3. The summed E-state index contributed by atoms with van der Waals surface area (Å²) in [5.41, 5.74) is 8.19. The quantitative estimate of drug-likeness (QED) is 0.628. The number of carbonyl (C=O) groups excluding carboxylic acids is 2. The molecule has 2 aromatic carbocycles. The van der Waals surface area contributed by atoms with Gasteiger partial charge in [-0.3, -0.25) is 20.4 Å². The van der Waals surface area contributed by atoms with Crippen LogP contribution in [0.2, 0.25) is 0 Å². The maximum Gasteiger partial charge on any atom is 0.257 e. The van der Waals surface area contributed by atoms with Crippen LogP contribution in [0.25, 0.3) is 0 Å². The standard InChI is InChI=1S/C23H29N3O5/c1-29-19-13-16(14-20(30-2)23(19)31-3)10-11-21(27)24-25-22(28)15-26-12-6-8-17-7-4-5-9-18(17)26/h4-5,7,9,13-14H,6,8,10-12,15H2,1-3H3,(H,24,27)(H,25,28). The first-order chi connectivity index (χ1) is 15.0. The van der Waals surface area contributed by atoms with Gasteiger partial charge in [-0.05, 0) is 48.6 Å². The van der Waals surface area contributed by atoms with Crippen LogP contribution < -0.4 is 30.0 Å². The lowest BCUT2D eigenvalue weighted by atomic mass is 10.0. The van der Waals surface area contributed by atoms with E-state index in [4.69, 9.17) is 14.2 Å². The van der Waals surface area contributed by atoms with E-state index < -0.39 is 0 Å². The van der Waals surface area contributed by atoms with Crippen LogP contribution in [-0.4, -0.2) is 46.2 Å². The summed E-state index contributed by atoms with van der Waals surface area (Å²) in [6.07, 6.45) is 2.68. The number of benzene rings is 2. The molecule has 8 nitrogen and oxygen atoms in total. The first kappa shape index (κ1) is 22.3. The van der Waals surface area contributed by atoms with Crippen molar-refractivity contribution >= 4 is 17.5 Å². The second-order valence-corrected chi connectivity index (χ2v) is 7.28. The van der Waals surface area contributed by atoms with Crippen molar-refractivity contribution < 1.29 is 23.8 Å². The first-order valence-corrected chi connectivity index (χ1v) is 10.2. The molecule has 0 aromatic heterocycles. The molecule has 1 aliphatic rings. The molecule has 8 heteroatoms. The summed E-state index contributed by atoms with van der Waals surface area (Å²) >= 11 is 0. The number of methoxy groups -OCH3 is 3. The average molecular weight is 428 g/mol. The zero-order valence-corrected chi connectivity index (χ0v) is 18.2. The van der Waals surface area contributed by atoms with Gasteiger partial charge in [0, 0.05) is 18.7 Å². The van der Waals surface area contributed by atoms with Crippen LogP contribution in [0.4, 0.5) is 5.69 Å². The molecule has 0 saturated carbocycles. The van der Waals surface area contributed by atoms with Gasteiger partial charge >= 0.3 is 0 Å². The highest BCUT2D eigenvalue weighted by Crippen LogP contribution is 2.38. The molecule has 31 heavy (non-hydrogen) atoms. The first-order valence-electron chi connectivity index (χ1n) is 10.2. The highest BCUT2D eigenvalue weighted by atomic mass is 16.5. The third-order valence-corrected chi connectivity index (χ3v) is 5.25. The minimum absolute atomic E-state index is 0.199. The smallest absolute Gasteiger partial charge is 0.257 e. The van der Waals surface area contributed by atoms with Gasteiger partial charge in [-0.1, -0.05) is 18.2 Å². The Kier molecular flexibility index (Phi) is 7.59. The van der Waals surface area contributed by atoms with E-state index >= 15 is 0 Å². The summed E-state index contributed by atoms with van der Waals surface area (Å²) in [5.74, 6) is 1.04. The third kappa shape index (κ3) is 5.59. The molecule has 0 fully saturated rings. The third-order valence-electron chi connectivity index (χ3n) is 5.25. The van der Waals surface area contributed by atoms with Gasteiger partial charge in [0.05, 0.1) is 27.9 Å². The molecular weight excluding hydrogens is 398 g/mol. The number of amides is 2. The number of para-hydroxylation sites is 1. The Morgan fingerprint density at radius 1 is 0.968 bits per heavy atom. The minimum Gasteiger partial charge on any atom is -0.493 e. The highest BCUT2D eigenvalue weighted by Gasteiger charge is 2.19. The Labute approximate surface area is 182 Å². The molecule has 1 heterocycles. The van der Waals surface area contributed by atoms with Crippen LogP contribution in [0, 0.1) is 0 Å². The molecule has 0 unspecified atom stereocenters. The zero-order chi connectivity index (χ0) is 22.2. The number of hydrogen-bond donors (Lipinski definition) is 2. The number of carbonyl (C=O) groups is 2. The summed E-state index contributed by atoms with van der Waals surface area (Å²) in [4.78, 5) is 26.6. The monoisotopic (exact) mass is 427 g/mol. The summed E-state index contributed by atoms with van der Waals surface area (Å²) in [6, 6.07) is 11.7. The lowest BCUT2D eigenvalue weighted by Crippen LogP contribution is -2.47. The van der Waals surface area contributed by atoms with Gasteiger partial charge in [0.15, 0.2) is 11.5 Å². The largest absolute Gasteiger partial charge is 0.493 e. The van der Waals surface area contributed by atoms with Crippen molar-refractivity contribution in [1.29, 1.82) is 0 Å². The zero-order valence-electron chi connectivity index (χ0n) is 18.2. The summed E-state index contributed by atoms with van der Waals surface area (Å²) in [5, 5.41) is 0. The van der Waals surface area contributed by atoms with Gasteiger partial charge < -0.3 is 19.1 Å². The van der Waals surface area contributed by atoms with Crippen LogP contribution in [0.3, 0.4) is 0 Å². The van der Waals surface area contributed by atoms with Crippen molar-refractivity contribution in [2.24, 2.45) is 0 Å². The molecule has 3 rings (SSSR count). The fourth-order valence-electron chi connectivity index (χ4n) is 3.73. The predicted molar refractivity (Wildman–Crippen MR) is 118 cm³/mol. The molecule has 0 aliphatic carbocycles. The van der Waals surface area contributed by atoms with Crippen LogP contribution in [-0.2, 0) is 22.4 Å². The van der Waals surface area contributed by atoms with Gasteiger partial charge in [-0.25, -0.2) is 0 Å². The SMILES string of the molecule is COc1cc(CCC(=O)NNC(=O)CN2CCCc3ccccc32)cc(OC)c1OC. The Balaban J connectivity index is 1.49. The number of nitrogens with one attached hydrogen (secondary N) is 2. The molecule has 0 atom stereocenters. The Morgan fingerprint density at radius 3 is 2.32 bits per heavy atom. The van der Waals surface area contributed by atoms with E-state index in [1.807, 2.05) is 23.1 Å². The number of fused-ring (bicyclic) bond motifs is 1. The number of anilines is 1. The topological polar surface area (TPSA) is 89.1 Å². The van der Waals surface area contributed by atoms with Gasteiger partial charge in [0.1, 0.15) is 0 Å². The van der Waals surface area contributed by atoms with Gasteiger partial charge in [0.25, 0.3) is 5.91 Å². The van der Waals surface area contributed by atoms with Crippen molar-refractivity contribution in [2.75, 3.05) is 39.3 Å². The number of rotatable bonds is 8. The van der Waals surface area contributed by atoms with E-state index in [2.05, 4.69) is 16.9 Å². The molecule has 2 amide bonds. The molecular formula is C23H29N3O5. The fourth-order valence-corrected chi connectivity index (χ4v) is 3.73. The van der Waals surface area contributed by atoms with Gasteiger partial charge in [-0.2, -0.15) is 0 Å². The Hall–Kier alpha value is -3.42. The second-order valence-electron chi connectivity index (χ2n) is 7.28. The van der Waals surface area contributed by atoms with Crippen molar-refractivity contribution in [3.63, 3.8) is 0 Å². The molecule has 1 aliphatic heterocycles. The number of hydrogen-bond acceptors (Lipinski definition) is 6. The molecule has 0 radical (unpaired) electrons. The Morgan fingerprint density at radius 2 is 1.65 bits per heavy atom. The number of aryl methyl sites for hydroxylation is 2. The summed E-state index contributed by atoms with van der Waals surface area (Å²) < 4.78 is 16.0. The van der Waals surface area contributed by atoms with Crippen molar-refractivity contribution in [1.82, 2.24) is 10.9 Å². The van der Waals surface area contributed by atoms with Crippen LogP contribution in [0.5, 0.6) is 17.2 Å². The number of ether oxygens (including phenoxy) is 3. The highest BCUT2D eigenvalue weighted by molar-refractivity contribution is 5.85. The molecule has 166 valence electrons. The minimum atomic E-state index is -0.277. The van der Waals surface area contributed by atoms with E-state index in [1.54, 1.807) is 33.5 Å². The van der Waals surface area contributed by atoms with Crippen molar-refractivity contribution in [3.05, 3.63) is 47.5 Å². The molecule has 0 bridgehead atoms. The summed E-state index contributed by atoms with van der Waals surface area (Å²) in [6.45, 7) is 1.02. The van der Waals surface area contributed by atoms with Crippen molar-refractivity contribution in [2.45, 2.75) is 25.7 Å². The van der Waals surface area contributed by atoms with Gasteiger partial charge in [0.2, 0.25) is 11.7 Å². The maximum atomic E-state index is 12.3. The fraction of sp³-hybridized carbons (Fsp3) is 0.391. The van der Waals surface area contributed by atoms with Crippen LogP contribution in [0.15, 0.2) is 36.4 Å². The van der Waals surface area contributed by atoms with E-state index in [0.29, 0.717) is 23.7 Å². The van der Waals surface area contributed by atoms with Crippen LogP contribution >= 0.6 is 0 Å². The Bertz CT molecular complexity index is 906. The van der Waals surface area contributed by atoms with E-state index in [-0.39, 0.29) is 24.8 Å². The molecule has 0 saturated heterocycles. The number of nitrogens with zero attached hydrogens (tertiary/aromatic N) is 1. The van der Waals surface area contributed by atoms with Gasteiger partial charge in [-0.15, -0.1) is 0 Å². The molecule has 2 aromatic rings. The summed E-state index contributed by atoms with van der Waals surface area (Å²) in [7, 11) is 4.63.